The van der Waals surface area contributed by atoms with Crippen molar-refractivity contribution in [1.82, 2.24) is 0 Å². The van der Waals surface area contributed by atoms with Crippen molar-refractivity contribution in [1.29, 1.82) is 0 Å². The van der Waals surface area contributed by atoms with Gasteiger partial charge in [-0.15, -0.1) is 0 Å². The molecule has 0 rings (SSSR count). The maximum atomic E-state index is 8.56. The molecule has 0 aromatic carbocycles. The van der Waals surface area contributed by atoms with Gasteiger partial charge >= 0.3 is 0 Å². The summed E-state index contributed by atoms with van der Waals surface area (Å²) in [5, 5.41) is 58.4. The maximum Gasteiger partial charge on any atom is 0.0536 e. The quantitative estimate of drug-likeness (QED) is 0.204. The molecule has 8 nitrogen and oxygen atoms in total. The molecular weight excluding hydrogens is 428 g/mol. The van der Waals surface area contributed by atoms with E-state index in [1.54, 1.807) is 41.5 Å². The van der Waals surface area contributed by atoms with E-state index >= 15 is 0 Å². The van der Waals surface area contributed by atoms with Gasteiger partial charge in [-0.3, -0.25) is 0 Å². The van der Waals surface area contributed by atoms with Crippen LogP contribution >= 0.6 is 0 Å². The van der Waals surface area contributed by atoms with Crippen molar-refractivity contribution in [3.05, 3.63) is 7.43 Å². The normalized spacial score (nSPS) is 14.9. The van der Waals surface area contributed by atoms with E-state index in [0.717, 1.165) is 7.11 Å². The Morgan fingerprint density at radius 3 is 0.519 bits per heavy atom. The van der Waals surface area contributed by atoms with Crippen molar-refractivity contribution in [2.24, 2.45) is 0 Å². The standard InChI is InChI=1S/3C5H12O2.CH4O.CH3.H2O.2Ti/c3*1-4(6)3-5(2)7;1-2;;;;/h3*4-7H,3H2,1-2H3;2H,1H3;1H3;1H2;;/q;;;;-1;;;. The van der Waals surface area contributed by atoms with Crippen LogP contribution < -0.4 is 0 Å². The molecule has 0 saturated heterocycles. The van der Waals surface area contributed by atoms with Gasteiger partial charge < -0.3 is 48.6 Å². The number of aliphatic hydroxyl groups is 7. The number of aliphatic hydroxyl groups excluding tert-OH is 7. The minimum atomic E-state index is -0.375. The average molecular weight is 473 g/mol. The average Bonchev–Trinajstić information content (AvgIpc) is 2.26. The van der Waals surface area contributed by atoms with Gasteiger partial charge in [0.25, 0.3) is 0 Å². The molecule has 0 aliphatic rings. The van der Waals surface area contributed by atoms with Crippen molar-refractivity contribution in [3.8, 4) is 0 Å². The second-order valence-corrected chi connectivity index (χ2v) is 5.80. The van der Waals surface area contributed by atoms with Crippen molar-refractivity contribution in [2.75, 3.05) is 7.11 Å². The van der Waals surface area contributed by atoms with Crippen LogP contribution in [0.4, 0.5) is 0 Å². The smallest absolute Gasteiger partial charge is 0.0536 e. The van der Waals surface area contributed by atoms with E-state index in [0.29, 0.717) is 19.3 Å². The maximum absolute atomic E-state index is 8.56. The van der Waals surface area contributed by atoms with Crippen LogP contribution in [0, 0.1) is 7.43 Å². The Kier molecular flexibility index (Phi) is 71.5. The van der Waals surface area contributed by atoms with Gasteiger partial charge in [0.15, 0.2) is 0 Å². The van der Waals surface area contributed by atoms with Gasteiger partial charge in [0.1, 0.15) is 0 Å². The molecule has 0 heterocycles. The molecule has 0 radical (unpaired) electrons. The van der Waals surface area contributed by atoms with Crippen LogP contribution in [0.2, 0.25) is 0 Å². The van der Waals surface area contributed by atoms with Crippen LogP contribution in [0.3, 0.4) is 0 Å². The number of rotatable bonds is 6. The van der Waals surface area contributed by atoms with Gasteiger partial charge in [-0.2, -0.15) is 0 Å². The molecule has 0 aliphatic heterocycles. The molecule has 0 fully saturated rings. The third-order valence-corrected chi connectivity index (χ3v) is 2.05. The topological polar surface area (TPSA) is 173 Å². The Morgan fingerprint density at radius 1 is 0.444 bits per heavy atom. The van der Waals surface area contributed by atoms with Crippen LogP contribution in [-0.2, 0) is 43.4 Å². The summed E-state index contributed by atoms with van der Waals surface area (Å²) in [5.74, 6) is 0. The summed E-state index contributed by atoms with van der Waals surface area (Å²) >= 11 is 0. The van der Waals surface area contributed by atoms with Gasteiger partial charge in [-0.25, -0.2) is 0 Å². The van der Waals surface area contributed by atoms with Gasteiger partial charge in [0.2, 0.25) is 0 Å². The summed E-state index contributed by atoms with van der Waals surface area (Å²) < 4.78 is 0. The molecule has 6 atom stereocenters. The number of hydrogen-bond acceptors (Lipinski definition) is 7. The second kappa shape index (κ2) is 37.8. The summed E-state index contributed by atoms with van der Waals surface area (Å²) in [6.45, 7) is 9.96. The summed E-state index contributed by atoms with van der Waals surface area (Å²) in [4.78, 5) is 0. The molecule has 27 heavy (non-hydrogen) atoms. The fourth-order valence-electron chi connectivity index (χ4n) is 1.48. The molecule has 0 bridgehead atoms. The van der Waals surface area contributed by atoms with Crippen LogP contribution in [-0.4, -0.2) is 85.0 Å². The van der Waals surface area contributed by atoms with E-state index in [2.05, 4.69) is 0 Å². The van der Waals surface area contributed by atoms with E-state index < -0.39 is 0 Å². The van der Waals surface area contributed by atoms with Gasteiger partial charge in [-0.05, 0) is 60.8 Å². The Hall–Kier alpha value is 1.11. The summed E-state index contributed by atoms with van der Waals surface area (Å²) in [5.41, 5.74) is 0. The fourth-order valence-corrected chi connectivity index (χ4v) is 1.48. The van der Waals surface area contributed by atoms with Gasteiger partial charge in [0.05, 0.1) is 36.6 Å². The van der Waals surface area contributed by atoms with Crippen LogP contribution in [0.1, 0.15) is 60.8 Å². The predicted molar refractivity (Wildman–Crippen MR) is 102 cm³/mol. The minimum Gasteiger partial charge on any atom is -0.412 e. The molecule has 0 spiro atoms. The van der Waals surface area contributed by atoms with E-state index in [1.807, 2.05) is 0 Å². The summed E-state index contributed by atoms with van der Waals surface area (Å²) in [7, 11) is 1.00. The summed E-state index contributed by atoms with van der Waals surface area (Å²) in [6, 6.07) is 0. The van der Waals surface area contributed by atoms with Gasteiger partial charge in [-0.1, -0.05) is 0 Å². The zero-order valence-corrected chi connectivity index (χ0v) is 21.3. The predicted octanol–water partition coefficient (Wildman–Crippen LogP) is -0.357. The Morgan fingerprint density at radius 2 is 0.519 bits per heavy atom. The zero-order chi connectivity index (χ0) is 19.6. The zero-order valence-electron chi connectivity index (χ0n) is 18.2. The minimum absolute atomic E-state index is 0. The molecule has 6 unspecified atom stereocenters. The van der Waals surface area contributed by atoms with E-state index in [4.69, 9.17) is 35.7 Å². The second-order valence-electron chi connectivity index (χ2n) is 5.80. The Bertz CT molecular complexity index is 154. The van der Waals surface area contributed by atoms with Gasteiger partial charge in [0, 0.05) is 50.5 Å². The fraction of sp³-hybridized carbons (Fsp3) is 0.941. The summed E-state index contributed by atoms with van der Waals surface area (Å²) in [6.07, 6.45) is -0.833. The molecule has 170 valence electrons. The molecule has 0 amide bonds. The molecule has 0 aromatic heterocycles. The monoisotopic (exact) mass is 473 g/mol. The molecule has 9 N–H and O–H groups in total. The van der Waals surface area contributed by atoms with Crippen LogP contribution in [0.5, 0.6) is 0 Å². The number of hydrogen-bond donors (Lipinski definition) is 7. The Labute approximate surface area is 196 Å². The van der Waals surface area contributed by atoms with Crippen LogP contribution in [0.25, 0.3) is 0 Å². The molecule has 0 saturated carbocycles. The van der Waals surface area contributed by atoms with E-state index in [1.165, 1.54) is 0 Å². The first kappa shape index (κ1) is 51.1. The first-order valence-corrected chi connectivity index (χ1v) is 7.91. The third-order valence-electron chi connectivity index (χ3n) is 2.05. The van der Waals surface area contributed by atoms with Crippen molar-refractivity contribution >= 4 is 0 Å². The first-order chi connectivity index (χ1) is 10.4. The molecule has 0 aliphatic carbocycles. The van der Waals surface area contributed by atoms with Crippen molar-refractivity contribution in [2.45, 2.75) is 97.4 Å². The van der Waals surface area contributed by atoms with Crippen molar-refractivity contribution < 1.29 is 84.7 Å². The van der Waals surface area contributed by atoms with Crippen LogP contribution in [0.15, 0.2) is 0 Å². The SMILES string of the molecule is CC(O)CC(C)O.CC(O)CC(C)O.CC(O)CC(C)O.CO.O.[CH3-].[Ti].[Ti]. The Balaban J connectivity index is -0.0000000298. The third kappa shape index (κ3) is 99.5. The molecule has 0 aromatic rings. The molecular formula is C17H45O8Ti2-. The largest absolute Gasteiger partial charge is 0.412 e. The van der Waals surface area contributed by atoms with E-state index in [-0.39, 0.29) is 93.0 Å². The first-order valence-electron chi connectivity index (χ1n) is 7.91. The van der Waals surface area contributed by atoms with E-state index in [9.17, 15) is 0 Å². The van der Waals surface area contributed by atoms with Crippen molar-refractivity contribution in [3.63, 3.8) is 0 Å². The molecule has 10 heteroatoms.